The molecule has 1 saturated carbocycles. The number of carboxylic acids is 1. The molecule has 2 aliphatic rings. The molecule has 6 heteroatoms. The lowest BCUT2D eigenvalue weighted by atomic mass is 10.1. The summed E-state index contributed by atoms with van der Waals surface area (Å²) in [5.74, 6) is -1.07. The summed E-state index contributed by atoms with van der Waals surface area (Å²) in [7, 11) is 0. The molecule has 0 aromatic heterocycles. The summed E-state index contributed by atoms with van der Waals surface area (Å²) >= 11 is 0. The molecule has 2 fully saturated rings. The maximum absolute atomic E-state index is 12.2. The Hall–Kier alpha value is -1.30. The molecular weight excluding hydrogens is 248 g/mol. The van der Waals surface area contributed by atoms with Crippen molar-refractivity contribution in [2.75, 3.05) is 13.2 Å². The van der Waals surface area contributed by atoms with Crippen molar-refractivity contribution < 1.29 is 19.4 Å². The molecule has 2 amide bonds. The van der Waals surface area contributed by atoms with Gasteiger partial charge in [0.15, 0.2) is 0 Å². The third-order valence-corrected chi connectivity index (χ3v) is 3.98. The highest BCUT2D eigenvalue weighted by atomic mass is 16.5. The van der Waals surface area contributed by atoms with Gasteiger partial charge in [0.25, 0.3) is 0 Å². The van der Waals surface area contributed by atoms with Crippen molar-refractivity contribution in [1.82, 2.24) is 10.2 Å². The summed E-state index contributed by atoms with van der Waals surface area (Å²) in [5.41, 5.74) is 0. The Morgan fingerprint density at radius 2 is 2.05 bits per heavy atom. The molecule has 2 N–H and O–H groups in total. The van der Waals surface area contributed by atoms with Crippen LogP contribution in [0.4, 0.5) is 4.79 Å². The zero-order valence-corrected chi connectivity index (χ0v) is 11.5. The molecule has 19 heavy (non-hydrogen) atoms. The minimum absolute atomic E-state index is 0.0149. The van der Waals surface area contributed by atoms with Gasteiger partial charge in [0.05, 0.1) is 24.7 Å². The molecule has 108 valence electrons. The Balaban J connectivity index is 1.85. The number of ether oxygens (including phenoxy) is 1. The Morgan fingerprint density at radius 1 is 1.32 bits per heavy atom. The average Bonchev–Trinajstić information content (AvgIpc) is 2.80. The van der Waals surface area contributed by atoms with Gasteiger partial charge in [-0.2, -0.15) is 0 Å². The van der Waals surface area contributed by atoms with Gasteiger partial charge in [0.2, 0.25) is 0 Å². The van der Waals surface area contributed by atoms with Crippen LogP contribution in [0.1, 0.15) is 33.1 Å². The van der Waals surface area contributed by atoms with Crippen LogP contribution in [0, 0.1) is 5.92 Å². The number of carbonyl (C=O) groups excluding carboxylic acids is 1. The number of hydrogen-bond donors (Lipinski definition) is 2. The van der Waals surface area contributed by atoms with E-state index in [1.165, 1.54) is 0 Å². The van der Waals surface area contributed by atoms with E-state index in [0.717, 1.165) is 6.42 Å². The summed E-state index contributed by atoms with van der Waals surface area (Å²) in [6.07, 6.45) is 1.99. The van der Waals surface area contributed by atoms with E-state index in [1.54, 1.807) is 4.90 Å². The molecule has 0 bridgehead atoms. The Morgan fingerprint density at radius 3 is 2.68 bits per heavy atom. The lowest BCUT2D eigenvalue weighted by Crippen LogP contribution is -2.55. The fourth-order valence-corrected chi connectivity index (χ4v) is 2.78. The van der Waals surface area contributed by atoms with E-state index in [-0.39, 0.29) is 30.1 Å². The van der Waals surface area contributed by atoms with Gasteiger partial charge < -0.3 is 20.1 Å². The van der Waals surface area contributed by atoms with Gasteiger partial charge in [-0.15, -0.1) is 0 Å². The van der Waals surface area contributed by atoms with E-state index in [9.17, 15) is 9.59 Å². The first-order chi connectivity index (χ1) is 8.97. The average molecular weight is 270 g/mol. The molecule has 6 nitrogen and oxygen atoms in total. The Kier molecular flexibility index (Phi) is 4.29. The second kappa shape index (κ2) is 5.77. The molecular formula is C13H22N2O4. The third-order valence-electron chi connectivity index (χ3n) is 3.98. The van der Waals surface area contributed by atoms with Gasteiger partial charge in [-0.3, -0.25) is 4.79 Å². The van der Waals surface area contributed by atoms with Crippen LogP contribution in [0.2, 0.25) is 0 Å². The molecule has 0 aromatic carbocycles. The van der Waals surface area contributed by atoms with E-state index in [0.29, 0.717) is 26.0 Å². The van der Waals surface area contributed by atoms with Crippen LogP contribution in [0.25, 0.3) is 0 Å². The molecule has 1 aliphatic carbocycles. The molecule has 1 aliphatic heterocycles. The summed E-state index contributed by atoms with van der Waals surface area (Å²) in [4.78, 5) is 24.9. The van der Waals surface area contributed by atoms with E-state index in [2.05, 4.69) is 5.32 Å². The predicted octanol–water partition coefficient (Wildman–Crippen LogP) is 1.06. The van der Waals surface area contributed by atoms with Crippen molar-refractivity contribution in [2.45, 2.75) is 51.3 Å². The van der Waals surface area contributed by atoms with E-state index in [1.807, 2.05) is 13.8 Å². The first-order valence-corrected chi connectivity index (χ1v) is 6.89. The van der Waals surface area contributed by atoms with Crippen LogP contribution in [0.3, 0.4) is 0 Å². The van der Waals surface area contributed by atoms with Gasteiger partial charge in [0, 0.05) is 12.6 Å². The number of carboxylic acid groups (broad SMARTS) is 1. The highest BCUT2D eigenvalue weighted by molar-refractivity contribution is 5.75. The highest BCUT2D eigenvalue weighted by Crippen LogP contribution is 2.26. The minimum atomic E-state index is -0.759. The van der Waals surface area contributed by atoms with Crippen LogP contribution < -0.4 is 5.32 Å². The highest BCUT2D eigenvalue weighted by Gasteiger charge is 2.33. The smallest absolute Gasteiger partial charge is 0.318 e. The monoisotopic (exact) mass is 270 g/mol. The zero-order chi connectivity index (χ0) is 14.0. The largest absolute Gasteiger partial charge is 0.481 e. The number of rotatable bonds is 2. The molecule has 0 aromatic rings. The number of nitrogens with one attached hydrogen (secondary N) is 1. The van der Waals surface area contributed by atoms with Crippen molar-refractivity contribution in [2.24, 2.45) is 5.92 Å². The van der Waals surface area contributed by atoms with Crippen molar-refractivity contribution in [3.05, 3.63) is 0 Å². The Labute approximate surface area is 113 Å². The Bertz CT molecular complexity index is 361. The van der Waals surface area contributed by atoms with Gasteiger partial charge in [0.1, 0.15) is 0 Å². The van der Waals surface area contributed by atoms with Crippen molar-refractivity contribution >= 4 is 12.0 Å². The van der Waals surface area contributed by atoms with Gasteiger partial charge >= 0.3 is 12.0 Å². The third kappa shape index (κ3) is 3.37. The molecule has 0 spiro atoms. The maximum atomic E-state index is 12.2. The number of aliphatic carboxylic acids is 1. The van der Waals surface area contributed by atoms with E-state index >= 15 is 0 Å². The van der Waals surface area contributed by atoms with Crippen molar-refractivity contribution in [3.63, 3.8) is 0 Å². The van der Waals surface area contributed by atoms with Crippen LogP contribution in [0.15, 0.2) is 0 Å². The van der Waals surface area contributed by atoms with Crippen molar-refractivity contribution in [3.8, 4) is 0 Å². The second-order valence-corrected chi connectivity index (χ2v) is 5.64. The normalized spacial score (nSPS) is 35.2. The molecule has 2 rings (SSSR count). The SMILES string of the molecule is CC1CN(C(=O)N[C@H]2CC[C@@H](C(=O)O)C2)C(C)CO1. The van der Waals surface area contributed by atoms with Crippen molar-refractivity contribution in [1.29, 1.82) is 0 Å². The molecule has 2 unspecified atom stereocenters. The van der Waals surface area contributed by atoms with Gasteiger partial charge in [-0.25, -0.2) is 4.79 Å². The molecule has 1 heterocycles. The standard InChI is InChI=1S/C13H22N2O4/c1-8-7-19-9(2)6-15(8)13(18)14-11-4-3-10(5-11)12(16)17/h8-11H,3-7H2,1-2H3,(H,14,18)(H,16,17)/t8?,9?,10-,11+/m1/s1. The summed E-state index contributed by atoms with van der Waals surface area (Å²) < 4.78 is 5.49. The molecule has 0 radical (unpaired) electrons. The lowest BCUT2D eigenvalue weighted by Gasteiger charge is -2.37. The number of morpholine rings is 1. The molecule has 4 atom stereocenters. The first-order valence-electron chi connectivity index (χ1n) is 6.89. The van der Waals surface area contributed by atoms with Crippen LogP contribution in [-0.2, 0) is 9.53 Å². The fraction of sp³-hybridized carbons (Fsp3) is 0.846. The zero-order valence-electron chi connectivity index (χ0n) is 11.5. The predicted molar refractivity (Wildman–Crippen MR) is 68.9 cm³/mol. The van der Waals surface area contributed by atoms with Crippen LogP contribution in [0.5, 0.6) is 0 Å². The lowest BCUT2D eigenvalue weighted by molar-refractivity contribution is -0.141. The van der Waals surface area contributed by atoms with Crippen LogP contribution in [-0.4, -0.2) is 53.3 Å². The molecule has 1 saturated heterocycles. The van der Waals surface area contributed by atoms with Gasteiger partial charge in [-0.1, -0.05) is 0 Å². The minimum Gasteiger partial charge on any atom is -0.481 e. The summed E-state index contributed by atoms with van der Waals surface area (Å²) in [6, 6.07) is -0.0505. The van der Waals surface area contributed by atoms with E-state index < -0.39 is 5.97 Å². The summed E-state index contributed by atoms with van der Waals surface area (Å²) in [5, 5.41) is 11.9. The van der Waals surface area contributed by atoms with Crippen LogP contribution >= 0.6 is 0 Å². The number of nitrogens with zero attached hydrogens (tertiary/aromatic N) is 1. The maximum Gasteiger partial charge on any atom is 0.318 e. The number of urea groups is 1. The number of hydrogen-bond acceptors (Lipinski definition) is 3. The second-order valence-electron chi connectivity index (χ2n) is 5.64. The summed E-state index contributed by atoms with van der Waals surface area (Å²) in [6.45, 7) is 5.04. The number of amides is 2. The van der Waals surface area contributed by atoms with Gasteiger partial charge in [-0.05, 0) is 33.1 Å². The van der Waals surface area contributed by atoms with E-state index in [4.69, 9.17) is 9.84 Å². The quantitative estimate of drug-likeness (QED) is 0.786. The fourth-order valence-electron chi connectivity index (χ4n) is 2.78. The topological polar surface area (TPSA) is 78.9 Å². The first kappa shape index (κ1) is 14.1. The number of carbonyl (C=O) groups is 2.